The fourth-order valence-electron chi connectivity index (χ4n) is 1.95. The smallest absolute Gasteiger partial charge is 0.416 e. The van der Waals surface area contributed by atoms with Crippen LogP contribution in [0.5, 0.6) is 11.5 Å². The molecule has 0 saturated heterocycles. The summed E-state index contributed by atoms with van der Waals surface area (Å²) in [4.78, 5) is 0. The monoisotopic (exact) mass is 441 g/mol. The summed E-state index contributed by atoms with van der Waals surface area (Å²) in [5.41, 5.74) is -1.27. The summed E-state index contributed by atoms with van der Waals surface area (Å²) in [6, 6.07) is 4.57. The Morgan fingerprint density at radius 2 is 1.73 bits per heavy atom. The lowest BCUT2D eigenvalue weighted by Gasteiger charge is -2.16. The molecule has 0 aliphatic rings. The fraction of sp³-hybridized carbons (Fsp3) is 0.250. The van der Waals surface area contributed by atoms with Gasteiger partial charge in [-0.15, -0.1) is 0 Å². The van der Waals surface area contributed by atoms with Crippen molar-refractivity contribution >= 4 is 21.6 Å². The predicted molar refractivity (Wildman–Crippen MR) is 87.2 cm³/mol. The molecule has 2 rings (SSSR count). The lowest BCUT2D eigenvalue weighted by molar-refractivity contribution is -0.138. The Labute approximate surface area is 153 Å². The molecule has 0 heterocycles. The van der Waals surface area contributed by atoms with Crippen molar-refractivity contribution in [2.75, 3.05) is 18.5 Å². The Hall–Kier alpha value is -1.91. The number of aliphatic hydroxyl groups excluding tert-OH is 2. The van der Waals surface area contributed by atoms with Crippen LogP contribution in [0.2, 0.25) is 0 Å². The van der Waals surface area contributed by atoms with Crippen LogP contribution in [0.25, 0.3) is 0 Å². The third-order valence-corrected chi connectivity index (χ3v) is 3.71. The number of anilines is 1. The number of rotatable bonds is 6. The van der Waals surface area contributed by atoms with E-state index >= 15 is 0 Å². The maximum absolute atomic E-state index is 13.9. The van der Waals surface area contributed by atoms with Gasteiger partial charge in [-0.2, -0.15) is 13.2 Å². The third-order valence-electron chi connectivity index (χ3n) is 3.22. The normalized spacial score (nSPS) is 12.8. The molecule has 1 unspecified atom stereocenters. The highest BCUT2D eigenvalue weighted by Gasteiger charge is 2.33. The van der Waals surface area contributed by atoms with Gasteiger partial charge in [0.15, 0.2) is 23.1 Å². The van der Waals surface area contributed by atoms with Crippen LogP contribution in [-0.2, 0) is 6.18 Å². The van der Waals surface area contributed by atoms with E-state index in [9.17, 15) is 27.1 Å². The van der Waals surface area contributed by atoms with Crippen molar-refractivity contribution in [3.05, 3.63) is 52.0 Å². The number of nitrogens with one attached hydrogen (secondary N) is 1. The van der Waals surface area contributed by atoms with Crippen molar-refractivity contribution < 1.29 is 36.9 Å². The molecule has 2 aromatic carbocycles. The average molecular weight is 442 g/mol. The van der Waals surface area contributed by atoms with Crippen molar-refractivity contribution in [2.45, 2.75) is 12.3 Å². The minimum Gasteiger partial charge on any atom is -0.449 e. The molecule has 0 aromatic heterocycles. The van der Waals surface area contributed by atoms with Gasteiger partial charge < -0.3 is 20.3 Å². The molecule has 0 amide bonds. The molecular weight excluding hydrogens is 429 g/mol. The van der Waals surface area contributed by atoms with Gasteiger partial charge in [-0.25, -0.2) is 8.78 Å². The number of alkyl halides is 3. The van der Waals surface area contributed by atoms with Gasteiger partial charge >= 0.3 is 6.18 Å². The zero-order valence-electron chi connectivity index (χ0n) is 12.9. The quantitative estimate of drug-likeness (QED) is 0.584. The number of benzene rings is 2. The first-order valence-corrected chi connectivity index (χ1v) is 7.97. The zero-order valence-corrected chi connectivity index (χ0v) is 14.5. The van der Waals surface area contributed by atoms with Crippen molar-refractivity contribution in [3.63, 3.8) is 0 Å². The maximum atomic E-state index is 13.9. The standard InChI is InChI=1S/C16H13BrF5NO3/c17-9-1-2-14(13(5-9)23-6-10(25)7-24)26-15-11(18)3-8(4-12(15)19)16(20,21)22/h1-5,10,23-25H,6-7H2. The predicted octanol–water partition coefficient (Wildman–Crippen LogP) is 4.30. The molecular formula is C16H13BrF5NO3. The van der Waals surface area contributed by atoms with Crippen molar-refractivity contribution in [3.8, 4) is 11.5 Å². The highest BCUT2D eigenvalue weighted by Crippen LogP contribution is 2.38. The van der Waals surface area contributed by atoms with Crippen LogP contribution in [0.15, 0.2) is 34.8 Å². The Morgan fingerprint density at radius 3 is 2.27 bits per heavy atom. The lowest BCUT2D eigenvalue weighted by Crippen LogP contribution is -2.23. The van der Waals surface area contributed by atoms with Crippen LogP contribution in [0.4, 0.5) is 27.6 Å². The van der Waals surface area contributed by atoms with Gasteiger partial charge in [-0.05, 0) is 30.3 Å². The van der Waals surface area contributed by atoms with Crippen LogP contribution in [0, 0.1) is 11.6 Å². The Morgan fingerprint density at radius 1 is 1.12 bits per heavy atom. The molecule has 0 spiro atoms. The fourth-order valence-corrected chi connectivity index (χ4v) is 2.31. The van der Waals surface area contributed by atoms with Crippen LogP contribution in [-0.4, -0.2) is 29.5 Å². The number of halogens is 6. The molecule has 2 aromatic rings. The lowest BCUT2D eigenvalue weighted by atomic mass is 10.2. The molecule has 0 saturated carbocycles. The second-order valence-corrected chi connectivity index (χ2v) is 6.14. The summed E-state index contributed by atoms with van der Waals surface area (Å²) in [5.74, 6) is -4.11. The van der Waals surface area contributed by atoms with Crippen LogP contribution >= 0.6 is 15.9 Å². The molecule has 0 aliphatic heterocycles. The zero-order chi connectivity index (χ0) is 19.5. The highest BCUT2D eigenvalue weighted by molar-refractivity contribution is 9.10. The largest absolute Gasteiger partial charge is 0.449 e. The van der Waals surface area contributed by atoms with E-state index in [1.807, 2.05) is 0 Å². The summed E-state index contributed by atoms with van der Waals surface area (Å²) >= 11 is 3.19. The third kappa shape index (κ3) is 5.05. The molecule has 0 aliphatic carbocycles. The number of aliphatic hydroxyl groups is 2. The van der Waals surface area contributed by atoms with E-state index in [1.54, 1.807) is 0 Å². The first-order chi connectivity index (χ1) is 12.1. The molecule has 0 bridgehead atoms. The minimum atomic E-state index is -4.90. The summed E-state index contributed by atoms with van der Waals surface area (Å²) in [7, 11) is 0. The SMILES string of the molecule is OCC(O)CNc1cc(Br)ccc1Oc1c(F)cc(C(F)(F)F)cc1F. The van der Waals surface area contributed by atoms with E-state index in [4.69, 9.17) is 9.84 Å². The number of ether oxygens (including phenoxy) is 1. The van der Waals surface area contributed by atoms with Crippen LogP contribution in [0.3, 0.4) is 0 Å². The molecule has 10 heteroatoms. The Bertz CT molecular complexity index is 762. The van der Waals surface area contributed by atoms with Crippen molar-refractivity contribution in [1.29, 1.82) is 0 Å². The van der Waals surface area contributed by atoms with E-state index in [-0.39, 0.29) is 30.1 Å². The van der Waals surface area contributed by atoms with Gasteiger partial charge in [0.25, 0.3) is 0 Å². The van der Waals surface area contributed by atoms with E-state index in [1.165, 1.54) is 18.2 Å². The van der Waals surface area contributed by atoms with E-state index in [0.29, 0.717) is 4.47 Å². The van der Waals surface area contributed by atoms with E-state index < -0.39 is 41.8 Å². The van der Waals surface area contributed by atoms with Gasteiger partial charge in [0.05, 0.1) is 24.0 Å². The van der Waals surface area contributed by atoms with E-state index in [0.717, 1.165) is 0 Å². The van der Waals surface area contributed by atoms with Crippen LogP contribution < -0.4 is 10.1 Å². The van der Waals surface area contributed by atoms with Crippen molar-refractivity contribution in [1.82, 2.24) is 0 Å². The number of hydrogen-bond acceptors (Lipinski definition) is 4. The Kier molecular flexibility index (Phi) is 6.43. The highest BCUT2D eigenvalue weighted by atomic mass is 79.9. The number of hydrogen-bond donors (Lipinski definition) is 3. The van der Waals surface area contributed by atoms with Gasteiger partial charge in [0.1, 0.15) is 0 Å². The second-order valence-electron chi connectivity index (χ2n) is 5.23. The average Bonchev–Trinajstić information content (AvgIpc) is 2.56. The molecule has 0 fully saturated rings. The molecule has 26 heavy (non-hydrogen) atoms. The van der Waals surface area contributed by atoms with Gasteiger partial charge in [0, 0.05) is 11.0 Å². The van der Waals surface area contributed by atoms with Gasteiger partial charge in [-0.3, -0.25) is 0 Å². The van der Waals surface area contributed by atoms with E-state index in [2.05, 4.69) is 21.2 Å². The molecule has 4 nitrogen and oxygen atoms in total. The molecule has 142 valence electrons. The first kappa shape index (κ1) is 20.4. The summed E-state index contributed by atoms with van der Waals surface area (Å²) in [6.45, 7) is -0.610. The topological polar surface area (TPSA) is 61.7 Å². The van der Waals surface area contributed by atoms with Gasteiger partial charge in [-0.1, -0.05) is 15.9 Å². The summed E-state index contributed by atoms with van der Waals surface area (Å²) < 4.78 is 71.3. The summed E-state index contributed by atoms with van der Waals surface area (Å²) in [5, 5.41) is 20.9. The minimum absolute atomic E-state index is 0.0871. The molecule has 3 N–H and O–H groups in total. The van der Waals surface area contributed by atoms with Gasteiger partial charge in [0.2, 0.25) is 0 Å². The van der Waals surface area contributed by atoms with Crippen LogP contribution in [0.1, 0.15) is 5.56 Å². The molecule has 1 atom stereocenters. The summed E-state index contributed by atoms with van der Waals surface area (Å²) in [6.07, 6.45) is -5.99. The maximum Gasteiger partial charge on any atom is 0.416 e. The Balaban J connectivity index is 2.34. The van der Waals surface area contributed by atoms with Crippen molar-refractivity contribution in [2.24, 2.45) is 0 Å². The molecule has 0 radical (unpaired) electrons. The second kappa shape index (κ2) is 8.19. The first-order valence-electron chi connectivity index (χ1n) is 7.18.